The predicted octanol–water partition coefficient (Wildman–Crippen LogP) is 1.61. The maximum atomic E-state index is 12.9. The number of likely N-dealkylation sites (tertiary alicyclic amines) is 2. The van der Waals surface area contributed by atoms with E-state index in [1.807, 2.05) is 9.80 Å². The third-order valence-electron chi connectivity index (χ3n) is 4.82. The highest BCUT2D eigenvalue weighted by atomic mass is 16.2. The third kappa shape index (κ3) is 3.80. The lowest BCUT2D eigenvalue weighted by Gasteiger charge is -2.31. The van der Waals surface area contributed by atoms with Gasteiger partial charge in [0.15, 0.2) is 0 Å². The average molecular weight is 309 g/mol. The number of nitrogens with two attached hydrogens (primary N) is 1. The summed E-state index contributed by atoms with van der Waals surface area (Å²) in [5.41, 5.74) is 5.71. The summed E-state index contributed by atoms with van der Waals surface area (Å²) in [6, 6.07) is -0.0185. The van der Waals surface area contributed by atoms with E-state index in [1.54, 1.807) is 0 Å². The molecular weight excluding hydrogens is 278 g/mol. The summed E-state index contributed by atoms with van der Waals surface area (Å²) < 4.78 is 0. The van der Waals surface area contributed by atoms with Crippen LogP contribution in [0.3, 0.4) is 0 Å². The number of hydrogen-bond acceptors (Lipinski definition) is 3. The molecule has 5 nitrogen and oxygen atoms in total. The number of amides is 2. The standard InChI is InChI=1S/C17H31N3O2/c1-12-8-13(10-18)11-20(12)16(22)14-6-5-7-19(14)15(21)9-17(2,3)4/h12-14H,5-11,18H2,1-4H3. The highest BCUT2D eigenvalue weighted by Gasteiger charge is 2.41. The van der Waals surface area contributed by atoms with Crippen molar-refractivity contribution in [3.8, 4) is 0 Å². The Bertz CT molecular complexity index is 430. The Hall–Kier alpha value is -1.10. The summed E-state index contributed by atoms with van der Waals surface area (Å²) in [5.74, 6) is 0.646. The first-order valence-electron chi connectivity index (χ1n) is 8.53. The maximum Gasteiger partial charge on any atom is 0.245 e. The first-order chi connectivity index (χ1) is 10.2. The molecule has 2 aliphatic rings. The lowest BCUT2D eigenvalue weighted by atomic mass is 9.91. The van der Waals surface area contributed by atoms with Crippen LogP contribution >= 0.6 is 0 Å². The molecule has 2 aliphatic heterocycles. The summed E-state index contributed by atoms with van der Waals surface area (Å²) in [6.07, 6.45) is 3.20. The maximum absolute atomic E-state index is 12.9. The van der Waals surface area contributed by atoms with Crippen molar-refractivity contribution >= 4 is 11.8 Å². The van der Waals surface area contributed by atoms with Crippen LogP contribution in [0.15, 0.2) is 0 Å². The molecule has 2 fully saturated rings. The molecule has 0 saturated carbocycles. The molecule has 0 aromatic rings. The number of carbonyl (C=O) groups is 2. The monoisotopic (exact) mass is 309 g/mol. The molecule has 2 saturated heterocycles. The van der Waals surface area contributed by atoms with E-state index in [1.165, 1.54) is 0 Å². The minimum Gasteiger partial charge on any atom is -0.338 e. The van der Waals surface area contributed by atoms with Crippen molar-refractivity contribution in [2.45, 2.75) is 65.5 Å². The minimum atomic E-state index is -0.256. The Labute approximate surface area is 134 Å². The zero-order chi connectivity index (χ0) is 16.5. The van der Waals surface area contributed by atoms with Gasteiger partial charge >= 0.3 is 0 Å². The van der Waals surface area contributed by atoms with Crippen molar-refractivity contribution in [3.63, 3.8) is 0 Å². The lowest BCUT2D eigenvalue weighted by Crippen LogP contribution is -2.49. The van der Waals surface area contributed by atoms with Crippen LogP contribution in [0.2, 0.25) is 0 Å². The van der Waals surface area contributed by atoms with Crippen molar-refractivity contribution in [1.82, 2.24) is 9.80 Å². The van der Waals surface area contributed by atoms with Crippen LogP contribution in [-0.4, -0.2) is 53.3 Å². The Morgan fingerprint density at radius 1 is 1.23 bits per heavy atom. The van der Waals surface area contributed by atoms with Gasteiger partial charge < -0.3 is 15.5 Å². The summed E-state index contributed by atoms with van der Waals surface area (Å²) in [5, 5.41) is 0. The quantitative estimate of drug-likeness (QED) is 0.861. The Morgan fingerprint density at radius 3 is 2.45 bits per heavy atom. The summed E-state index contributed by atoms with van der Waals surface area (Å²) in [6.45, 7) is 10.4. The number of carbonyl (C=O) groups excluding carboxylic acids is 2. The van der Waals surface area contributed by atoms with Gasteiger partial charge in [-0.3, -0.25) is 9.59 Å². The number of rotatable bonds is 3. The van der Waals surface area contributed by atoms with Crippen molar-refractivity contribution in [1.29, 1.82) is 0 Å². The van der Waals surface area contributed by atoms with Gasteiger partial charge in [-0.25, -0.2) is 0 Å². The molecule has 0 bridgehead atoms. The van der Waals surface area contributed by atoms with E-state index in [9.17, 15) is 9.59 Å². The second-order valence-electron chi connectivity index (χ2n) is 8.16. The zero-order valence-corrected chi connectivity index (χ0v) is 14.5. The normalized spacial score (nSPS) is 29.2. The van der Waals surface area contributed by atoms with Crippen molar-refractivity contribution < 1.29 is 9.59 Å². The molecule has 0 aromatic carbocycles. The average Bonchev–Trinajstić information content (AvgIpc) is 3.02. The molecule has 2 heterocycles. The zero-order valence-electron chi connectivity index (χ0n) is 14.5. The second kappa shape index (κ2) is 6.57. The van der Waals surface area contributed by atoms with Gasteiger partial charge in [-0.15, -0.1) is 0 Å². The van der Waals surface area contributed by atoms with Crippen LogP contribution in [-0.2, 0) is 9.59 Å². The SMILES string of the molecule is CC1CC(CN)CN1C(=O)C1CCCN1C(=O)CC(C)(C)C. The molecule has 0 radical (unpaired) electrons. The molecule has 3 atom stereocenters. The second-order valence-corrected chi connectivity index (χ2v) is 8.16. The molecule has 0 aliphatic carbocycles. The van der Waals surface area contributed by atoms with Gasteiger partial charge in [0.1, 0.15) is 6.04 Å². The molecule has 2 rings (SSSR count). The van der Waals surface area contributed by atoms with Gasteiger partial charge in [0.25, 0.3) is 0 Å². The van der Waals surface area contributed by atoms with E-state index in [4.69, 9.17) is 5.73 Å². The fraction of sp³-hybridized carbons (Fsp3) is 0.882. The van der Waals surface area contributed by atoms with E-state index >= 15 is 0 Å². The molecule has 0 spiro atoms. The minimum absolute atomic E-state index is 0.0428. The molecule has 126 valence electrons. The largest absolute Gasteiger partial charge is 0.338 e. The van der Waals surface area contributed by atoms with Crippen LogP contribution in [0.5, 0.6) is 0 Å². The molecule has 2 N–H and O–H groups in total. The summed E-state index contributed by atoms with van der Waals surface area (Å²) >= 11 is 0. The molecule has 22 heavy (non-hydrogen) atoms. The van der Waals surface area contributed by atoms with E-state index < -0.39 is 0 Å². The highest BCUT2D eigenvalue weighted by Crippen LogP contribution is 2.29. The van der Waals surface area contributed by atoms with Gasteiger partial charge in [-0.2, -0.15) is 0 Å². The van der Waals surface area contributed by atoms with Crippen molar-refractivity contribution in [2.24, 2.45) is 17.1 Å². The molecule has 5 heteroatoms. The smallest absolute Gasteiger partial charge is 0.245 e. The first kappa shape index (κ1) is 17.3. The van der Waals surface area contributed by atoms with Crippen LogP contribution < -0.4 is 5.73 Å². The van der Waals surface area contributed by atoms with Gasteiger partial charge in [0.05, 0.1) is 0 Å². The van der Waals surface area contributed by atoms with Crippen LogP contribution in [0.25, 0.3) is 0 Å². The van der Waals surface area contributed by atoms with Crippen molar-refractivity contribution in [2.75, 3.05) is 19.6 Å². The van der Waals surface area contributed by atoms with Gasteiger partial charge in [0, 0.05) is 25.6 Å². The number of nitrogens with zero attached hydrogens (tertiary/aromatic N) is 2. The van der Waals surface area contributed by atoms with Gasteiger partial charge in [0.2, 0.25) is 11.8 Å². The summed E-state index contributed by atoms with van der Waals surface area (Å²) in [4.78, 5) is 29.2. The number of hydrogen-bond donors (Lipinski definition) is 1. The van der Waals surface area contributed by atoms with Gasteiger partial charge in [-0.1, -0.05) is 20.8 Å². The molecule has 3 unspecified atom stereocenters. The van der Waals surface area contributed by atoms with E-state index in [0.717, 1.165) is 25.8 Å². The van der Waals surface area contributed by atoms with Crippen LogP contribution in [0, 0.1) is 11.3 Å². The Kier molecular flexibility index (Phi) is 5.15. The van der Waals surface area contributed by atoms with Gasteiger partial charge in [-0.05, 0) is 44.1 Å². The van der Waals surface area contributed by atoms with Crippen molar-refractivity contribution in [3.05, 3.63) is 0 Å². The Morgan fingerprint density at radius 2 is 1.91 bits per heavy atom. The van der Waals surface area contributed by atoms with Crippen LogP contribution in [0.1, 0.15) is 53.4 Å². The first-order valence-corrected chi connectivity index (χ1v) is 8.53. The van der Waals surface area contributed by atoms with E-state index in [2.05, 4.69) is 27.7 Å². The fourth-order valence-electron chi connectivity index (χ4n) is 3.69. The Balaban J connectivity index is 2.04. The molecule has 2 amide bonds. The third-order valence-corrected chi connectivity index (χ3v) is 4.82. The lowest BCUT2D eigenvalue weighted by molar-refractivity contribution is -0.145. The highest BCUT2D eigenvalue weighted by molar-refractivity contribution is 5.88. The molecular formula is C17H31N3O2. The van der Waals surface area contributed by atoms with E-state index in [-0.39, 0.29) is 29.3 Å². The summed E-state index contributed by atoms with van der Waals surface area (Å²) in [7, 11) is 0. The van der Waals surface area contributed by atoms with E-state index in [0.29, 0.717) is 25.4 Å². The predicted molar refractivity (Wildman–Crippen MR) is 87.1 cm³/mol. The molecule has 0 aromatic heterocycles. The van der Waals surface area contributed by atoms with Crippen LogP contribution in [0.4, 0.5) is 0 Å². The topological polar surface area (TPSA) is 66.6 Å². The fourth-order valence-corrected chi connectivity index (χ4v) is 3.69.